The number of nitrogens with one attached hydrogen (secondary N) is 1. The monoisotopic (exact) mass is 229 g/mol. The summed E-state index contributed by atoms with van der Waals surface area (Å²) < 4.78 is 21.4. The highest BCUT2D eigenvalue weighted by molar-refractivity contribution is 7.89. The van der Waals surface area contributed by atoms with Crippen LogP contribution >= 0.6 is 0 Å². The van der Waals surface area contributed by atoms with E-state index in [1.807, 2.05) is 19.1 Å². The molecule has 5 nitrogen and oxygen atoms in total. The van der Waals surface area contributed by atoms with Crippen molar-refractivity contribution in [1.82, 2.24) is 0 Å². The van der Waals surface area contributed by atoms with E-state index >= 15 is 0 Å². The summed E-state index contributed by atoms with van der Waals surface area (Å²) in [5.41, 5.74) is 8.11. The fourth-order valence-corrected chi connectivity index (χ4v) is 1.56. The minimum absolute atomic E-state index is 0.0960. The minimum Gasteiger partial charge on any atom is -0.398 e. The van der Waals surface area contributed by atoms with Crippen LogP contribution in [0.4, 0.5) is 11.4 Å². The zero-order chi connectivity index (χ0) is 11.5. The number of anilines is 2. The van der Waals surface area contributed by atoms with Crippen LogP contribution in [0.15, 0.2) is 18.2 Å². The Morgan fingerprint density at radius 1 is 1.40 bits per heavy atom. The Kier molecular flexibility index (Phi) is 3.54. The van der Waals surface area contributed by atoms with E-state index < -0.39 is 10.0 Å². The van der Waals surface area contributed by atoms with Gasteiger partial charge in [0.2, 0.25) is 10.0 Å². The summed E-state index contributed by atoms with van der Waals surface area (Å²) in [6.07, 6.45) is 0. The lowest BCUT2D eigenvalue weighted by molar-refractivity contribution is 0.598. The van der Waals surface area contributed by atoms with Crippen LogP contribution in [0.2, 0.25) is 0 Å². The molecule has 0 saturated heterocycles. The molecule has 0 aliphatic rings. The van der Waals surface area contributed by atoms with Gasteiger partial charge in [-0.1, -0.05) is 6.07 Å². The largest absolute Gasteiger partial charge is 0.398 e. The maximum atomic E-state index is 10.7. The molecule has 15 heavy (non-hydrogen) atoms. The molecule has 6 heteroatoms. The number of rotatable bonds is 4. The third kappa shape index (κ3) is 3.77. The molecule has 0 unspecified atom stereocenters. The van der Waals surface area contributed by atoms with Crippen molar-refractivity contribution in [2.45, 2.75) is 6.92 Å². The van der Waals surface area contributed by atoms with E-state index in [-0.39, 0.29) is 12.3 Å². The van der Waals surface area contributed by atoms with Gasteiger partial charge in [-0.05, 0) is 24.6 Å². The van der Waals surface area contributed by atoms with Gasteiger partial charge in [0, 0.05) is 17.9 Å². The van der Waals surface area contributed by atoms with Crippen LogP contribution < -0.4 is 16.2 Å². The van der Waals surface area contributed by atoms with Crippen LogP contribution in [0.25, 0.3) is 0 Å². The first-order chi connectivity index (χ1) is 6.90. The molecule has 0 spiro atoms. The molecule has 0 fully saturated rings. The van der Waals surface area contributed by atoms with Gasteiger partial charge in [-0.3, -0.25) is 0 Å². The molecule has 0 radical (unpaired) electrons. The topological polar surface area (TPSA) is 98.2 Å². The highest BCUT2D eigenvalue weighted by Crippen LogP contribution is 2.19. The Morgan fingerprint density at radius 3 is 2.67 bits per heavy atom. The second-order valence-electron chi connectivity index (χ2n) is 3.31. The van der Waals surface area contributed by atoms with E-state index in [2.05, 4.69) is 5.32 Å². The van der Waals surface area contributed by atoms with Crippen LogP contribution in [-0.4, -0.2) is 20.7 Å². The zero-order valence-corrected chi connectivity index (χ0v) is 9.34. The van der Waals surface area contributed by atoms with Crippen molar-refractivity contribution in [2.75, 3.05) is 23.3 Å². The summed E-state index contributed by atoms with van der Waals surface area (Å²) in [5.74, 6) is -0.0960. The Hall–Kier alpha value is -1.27. The second-order valence-corrected chi connectivity index (χ2v) is 5.05. The molecule has 0 aromatic heterocycles. The normalized spacial score (nSPS) is 11.3. The average Bonchev–Trinajstić information content (AvgIpc) is 2.10. The molecule has 1 aromatic carbocycles. The standard InChI is InChI=1S/C9H15N3O2S/c1-7-8(10)3-2-4-9(7)12-5-6-15(11,13)14/h2-4,12H,5-6,10H2,1H3,(H2,11,13,14). The third-order valence-corrected chi connectivity index (χ3v) is 2.85. The number of nitrogen functional groups attached to an aromatic ring is 1. The predicted molar refractivity (Wildman–Crippen MR) is 62.1 cm³/mol. The minimum atomic E-state index is -3.41. The van der Waals surface area contributed by atoms with Crippen molar-refractivity contribution in [3.8, 4) is 0 Å². The van der Waals surface area contributed by atoms with Crippen molar-refractivity contribution in [2.24, 2.45) is 5.14 Å². The van der Waals surface area contributed by atoms with Crippen molar-refractivity contribution in [1.29, 1.82) is 0 Å². The number of benzene rings is 1. The maximum absolute atomic E-state index is 10.7. The van der Waals surface area contributed by atoms with E-state index in [0.29, 0.717) is 5.69 Å². The molecule has 0 heterocycles. The Balaban J connectivity index is 2.62. The smallest absolute Gasteiger partial charge is 0.210 e. The molecule has 0 atom stereocenters. The van der Waals surface area contributed by atoms with Crippen LogP contribution in [-0.2, 0) is 10.0 Å². The molecular formula is C9H15N3O2S. The second kappa shape index (κ2) is 4.50. The Labute approximate surface area is 89.5 Å². The van der Waals surface area contributed by atoms with Crippen molar-refractivity contribution >= 4 is 21.4 Å². The summed E-state index contributed by atoms with van der Waals surface area (Å²) >= 11 is 0. The third-order valence-electron chi connectivity index (χ3n) is 2.08. The van der Waals surface area contributed by atoms with Crippen molar-refractivity contribution in [3.63, 3.8) is 0 Å². The number of nitrogens with two attached hydrogens (primary N) is 2. The number of hydrogen-bond acceptors (Lipinski definition) is 4. The summed E-state index contributed by atoms with van der Waals surface area (Å²) in [6.45, 7) is 2.15. The first-order valence-electron chi connectivity index (χ1n) is 4.49. The predicted octanol–water partition coefficient (Wildman–Crippen LogP) is 0.278. The van der Waals surface area contributed by atoms with Crippen LogP contribution in [0.3, 0.4) is 0 Å². The maximum Gasteiger partial charge on any atom is 0.210 e. The molecule has 1 rings (SSSR count). The Morgan fingerprint density at radius 2 is 2.07 bits per heavy atom. The van der Waals surface area contributed by atoms with E-state index in [1.165, 1.54) is 0 Å². The molecule has 0 amide bonds. The molecule has 84 valence electrons. The SMILES string of the molecule is Cc1c(N)cccc1NCCS(N)(=O)=O. The van der Waals surface area contributed by atoms with E-state index in [9.17, 15) is 8.42 Å². The average molecular weight is 229 g/mol. The summed E-state index contributed by atoms with van der Waals surface area (Å²) in [4.78, 5) is 0. The summed E-state index contributed by atoms with van der Waals surface area (Å²) in [7, 11) is -3.41. The van der Waals surface area contributed by atoms with Gasteiger partial charge in [0.1, 0.15) is 0 Å². The lowest BCUT2D eigenvalue weighted by Gasteiger charge is -2.10. The first-order valence-corrected chi connectivity index (χ1v) is 6.21. The molecule has 1 aromatic rings. The van der Waals surface area contributed by atoms with Crippen LogP contribution in [0, 0.1) is 6.92 Å². The fraction of sp³-hybridized carbons (Fsp3) is 0.333. The zero-order valence-electron chi connectivity index (χ0n) is 8.53. The van der Waals surface area contributed by atoms with E-state index in [1.54, 1.807) is 6.07 Å². The summed E-state index contributed by atoms with van der Waals surface area (Å²) in [5, 5.41) is 7.85. The van der Waals surface area contributed by atoms with Gasteiger partial charge in [0.05, 0.1) is 5.75 Å². The van der Waals surface area contributed by atoms with Gasteiger partial charge >= 0.3 is 0 Å². The fourth-order valence-electron chi connectivity index (χ4n) is 1.17. The molecule has 5 N–H and O–H groups in total. The van der Waals surface area contributed by atoms with Crippen LogP contribution in [0.5, 0.6) is 0 Å². The van der Waals surface area contributed by atoms with Crippen molar-refractivity contribution < 1.29 is 8.42 Å². The number of hydrogen-bond donors (Lipinski definition) is 3. The molecular weight excluding hydrogens is 214 g/mol. The van der Waals surface area contributed by atoms with Gasteiger partial charge < -0.3 is 11.1 Å². The lowest BCUT2D eigenvalue weighted by Crippen LogP contribution is -2.22. The molecule has 0 bridgehead atoms. The van der Waals surface area contributed by atoms with Gasteiger partial charge in [-0.15, -0.1) is 0 Å². The molecule has 0 saturated carbocycles. The van der Waals surface area contributed by atoms with Gasteiger partial charge in [-0.25, -0.2) is 13.6 Å². The quantitative estimate of drug-likeness (QED) is 0.646. The molecule has 0 aliphatic carbocycles. The van der Waals surface area contributed by atoms with Gasteiger partial charge in [0.15, 0.2) is 0 Å². The lowest BCUT2D eigenvalue weighted by atomic mass is 10.1. The summed E-state index contributed by atoms with van der Waals surface area (Å²) in [6, 6.07) is 5.44. The molecule has 0 aliphatic heterocycles. The highest BCUT2D eigenvalue weighted by Gasteiger charge is 2.04. The first kappa shape index (κ1) is 11.8. The van der Waals surface area contributed by atoms with Crippen molar-refractivity contribution in [3.05, 3.63) is 23.8 Å². The van der Waals surface area contributed by atoms with Gasteiger partial charge in [0.25, 0.3) is 0 Å². The van der Waals surface area contributed by atoms with E-state index in [0.717, 1.165) is 11.3 Å². The number of sulfonamides is 1. The van der Waals surface area contributed by atoms with E-state index in [4.69, 9.17) is 10.9 Å². The number of primary sulfonamides is 1. The Bertz CT molecular complexity index is 443. The highest BCUT2D eigenvalue weighted by atomic mass is 32.2. The van der Waals surface area contributed by atoms with Gasteiger partial charge in [-0.2, -0.15) is 0 Å². The van der Waals surface area contributed by atoms with Crippen LogP contribution in [0.1, 0.15) is 5.56 Å².